The third-order valence-electron chi connectivity index (χ3n) is 2.97. The molecule has 1 aromatic carbocycles. The highest BCUT2D eigenvalue weighted by Gasteiger charge is 2.10. The van der Waals surface area contributed by atoms with Crippen LogP contribution in [0.25, 0.3) is 0 Å². The number of ketones is 1. The summed E-state index contributed by atoms with van der Waals surface area (Å²) in [6.45, 7) is 2.75. The van der Waals surface area contributed by atoms with Gasteiger partial charge in [-0.05, 0) is 49.1 Å². The molecule has 4 heteroatoms. The van der Waals surface area contributed by atoms with E-state index in [0.717, 1.165) is 17.3 Å². The van der Waals surface area contributed by atoms with Crippen molar-refractivity contribution in [3.8, 4) is 0 Å². The largest absolute Gasteiger partial charge is 0.330 e. The molecular formula is C14H19BrFNO. The Morgan fingerprint density at radius 3 is 2.83 bits per heavy atom. The summed E-state index contributed by atoms with van der Waals surface area (Å²) in [7, 11) is 0. The fraction of sp³-hybridized carbons (Fsp3) is 0.500. The average molecular weight is 316 g/mol. The van der Waals surface area contributed by atoms with Gasteiger partial charge in [0.25, 0.3) is 0 Å². The van der Waals surface area contributed by atoms with Gasteiger partial charge in [0.15, 0.2) is 0 Å². The summed E-state index contributed by atoms with van der Waals surface area (Å²) in [4.78, 5) is 11.8. The van der Waals surface area contributed by atoms with Crippen LogP contribution in [0.1, 0.15) is 31.7 Å². The fourth-order valence-electron chi connectivity index (χ4n) is 1.82. The Morgan fingerprint density at radius 2 is 2.17 bits per heavy atom. The molecule has 1 rings (SSSR count). The van der Waals surface area contributed by atoms with Gasteiger partial charge in [0, 0.05) is 17.3 Å². The first-order valence-electron chi connectivity index (χ1n) is 6.18. The predicted molar refractivity (Wildman–Crippen MR) is 74.9 cm³/mol. The van der Waals surface area contributed by atoms with Gasteiger partial charge in [-0.3, -0.25) is 4.79 Å². The number of Topliss-reactive ketones (excluding diaryl/α,β-unsaturated/α-hetero) is 1. The highest BCUT2D eigenvalue weighted by atomic mass is 79.9. The molecule has 0 bridgehead atoms. The van der Waals surface area contributed by atoms with Crippen LogP contribution in [0.15, 0.2) is 22.7 Å². The van der Waals surface area contributed by atoms with E-state index in [2.05, 4.69) is 22.9 Å². The summed E-state index contributed by atoms with van der Waals surface area (Å²) < 4.78 is 13.9. The minimum Gasteiger partial charge on any atom is -0.330 e. The second-order valence-electron chi connectivity index (χ2n) is 4.67. The van der Waals surface area contributed by atoms with Crippen LogP contribution in [0.3, 0.4) is 0 Å². The Kier molecular flexibility index (Phi) is 6.50. The van der Waals surface area contributed by atoms with Gasteiger partial charge in [0.2, 0.25) is 0 Å². The molecular weight excluding hydrogens is 297 g/mol. The molecule has 1 unspecified atom stereocenters. The molecule has 0 heterocycles. The summed E-state index contributed by atoms with van der Waals surface area (Å²) >= 11 is 3.33. The maximum atomic E-state index is 13.1. The van der Waals surface area contributed by atoms with Crippen molar-refractivity contribution in [2.24, 2.45) is 11.7 Å². The maximum Gasteiger partial charge on any atom is 0.137 e. The van der Waals surface area contributed by atoms with Gasteiger partial charge in [-0.15, -0.1) is 0 Å². The first-order valence-corrected chi connectivity index (χ1v) is 6.98. The highest BCUT2D eigenvalue weighted by Crippen LogP contribution is 2.20. The fourth-order valence-corrected chi connectivity index (χ4v) is 2.20. The maximum absolute atomic E-state index is 13.1. The molecule has 0 saturated heterocycles. The summed E-state index contributed by atoms with van der Waals surface area (Å²) in [6.07, 6.45) is 2.61. The van der Waals surface area contributed by atoms with Crippen LogP contribution in [0.4, 0.5) is 4.39 Å². The molecule has 0 aliphatic rings. The van der Waals surface area contributed by atoms with Gasteiger partial charge in [-0.2, -0.15) is 0 Å². The second kappa shape index (κ2) is 7.64. The SMILES string of the molecule is CC(CCN)CCC(=O)Cc1cc(F)ccc1Br. The van der Waals surface area contributed by atoms with E-state index in [9.17, 15) is 9.18 Å². The van der Waals surface area contributed by atoms with Gasteiger partial charge in [0.1, 0.15) is 11.6 Å². The van der Waals surface area contributed by atoms with Crippen molar-refractivity contribution >= 4 is 21.7 Å². The van der Waals surface area contributed by atoms with Crippen LogP contribution in [-0.2, 0) is 11.2 Å². The van der Waals surface area contributed by atoms with Crippen LogP contribution in [0.5, 0.6) is 0 Å². The summed E-state index contributed by atoms with van der Waals surface area (Å²) in [6, 6.07) is 4.42. The van der Waals surface area contributed by atoms with Crippen molar-refractivity contribution in [3.63, 3.8) is 0 Å². The Balaban J connectivity index is 2.47. The van der Waals surface area contributed by atoms with Crippen molar-refractivity contribution in [1.82, 2.24) is 0 Å². The monoisotopic (exact) mass is 315 g/mol. The summed E-state index contributed by atoms with van der Waals surface area (Å²) in [5.74, 6) is 0.303. The molecule has 0 aliphatic carbocycles. The Hall–Kier alpha value is -0.740. The third-order valence-corrected chi connectivity index (χ3v) is 3.74. The van der Waals surface area contributed by atoms with Crippen molar-refractivity contribution < 1.29 is 9.18 Å². The predicted octanol–water partition coefficient (Wildman–Crippen LogP) is 3.46. The topological polar surface area (TPSA) is 43.1 Å². The first-order chi connectivity index (χ1) is 8.52. The quantitative estimate of drug-likeness (QED) is 0.837. The minimum absolute atomic E-state index is 0.144. The summed E-state index contributed by atoms with van der Waals surface area (Å²) in [5.41, 5.74) is 6.18. The van der Waals surface area contributed by atoms with Crippen LogP contribution < -0.4 is 5.73 Å². The van der Waals surface area contributed by atoms with Gasteiger partial charge < -0.3 is 5.73 Å². The number of hydrogen-bond donors (Lipinski definition) is 1. The van der Waals surface area contributed by atoms with E-state index >= 15 is 0 Å². The molecule has 18 heavy (non-hydrogen) atoms. The van der Waals surface area contributed by atoms with E-state index in [4.69, 9.17) is 5.73 Å². The second-order valence-corrected chi connectivity index (χ2v) is 5.53. The standard InChI is InChI=1S/C14H19BrFNO/c1-10(6-7-17)2-4-13(18)9-11-8-12(16)3-5-14(11)15/h3,5,8,10H,2,4,6-7,9,17H2,1H3. The molecule has 2 N–H and O–H groups in total. The van der Waals surface area contributed by atoms with Gasteiger partial charge in [-0.1, -0.05) is 22.9 Å². The minimum atomic E-state index is -0.308. The van der Waals surface area contributed by atoms with E-state index in [1.807, 2.05) is 0 Å². The lowest BCUT2D eigenvalue weighted by molar-refractivity contribution is -0.118. The molecule has 0 aliphatic heterocycles. The first kappa shape index (κ1) is 15.3. The van der Waals surface area contributed by atoms with E-state index in [1.165, 1.54) is 12.1 Å². The van der Waals surface area contributed by atoms with Crippen molar-refractivity contribution in [3.05, 3.63) is 34.1 Å². The number of nitrogens with two attached hydrogens (primary N) is 1. The van der Waals surface area contributed by atoms with E-state index < -0.39 is 0 Å². The number of hydrogen-bond acceptors (Lipinski definition) is 2. The number of halogens is 2. The molecule has 2 nitrogen and oxygen atoms in total. The molecule has 0 aromatic heterocycles. The van der Waals surface area contributed by atoms with Crippen LogP contribution >= 0.6 is 15.9 Å². The molecule has 0 spiro atoms. The van der Waals surface area contributed by atoms with Crippen LogP contribution in [0.2, 0.25) is 0 Å². The van der Waals surface area contributed by atoms with Gasteiger partial charge in [-0.25, -0.2) is 4.39 Å². The molecule has 0 fully saturated rings. The Morgan fingerprint density at radius 1 is 1.44 bits per heavy atom. The number of rotatable bonds is 7. The highest BCUT2D eigenvalue weighted by molar-refractivity contribution is 9.10. The van der Waals surface area contributed by atoms with Crippen molar-refractivity contribution in [2.75, 3.05) is 6.54 Å². The molecule has 1 atom stereocenters. The normalized spacial score (nSPS) is 12.4. The van der Waals surface area contributed by atoms with Gasteiger partial charge in [0.05, 0.1) is 0 Å². The lowest BCUT2D eigenvalue weighted by atomic mass is 9.98. The van der Waals surface area contributed by atoms with E-state index in [-0.39, 0.29) is 18.0 Å². The summed E-state index contributed by atoms with van der Waals surface area (Å²) in [5, 5.41) is 0. The molecule has 1 aromatic rings. The van der Waals surface area contributed by atoms with E-state index in [0.29, 0.717) is 24.4 Å². The molecule has 0 radical (unpaired) electrons. The zero-order valence-corrected chi connectivity index (χ0v) is 12.2. The zero-order valence-electron chi connectivity index (χ0n) is 10.6. The van der Waals surface area contributed by atoms with Crippen molar-refractivity contribution in [1.29, 1.82) is 0 Å². The lowest BCUT2D eigenvalue weighted by Gasteiger charge is -2.09. The average Bonchev–Trinajstić information content (AvgIpc) is 2.32. The van der Waals surface area contributed by atoms with E-state index in [1.54, 1.807) is 6.07 Å². The molecule has 0 saturated carbocycles. The Bertz CT molecular complexity index is 409. The van der Waals surface area contributed by atoms with Crippen LogP contribution in [0, 0.1) is 11.7 Å². The molecule has 100 valence electrons. The lowest BCUT2D eigenvalue weighted by Crippen LogP contribution is -2.09. The number of carbonyl (C=O) groups is 1. The number of carbonyl (C=O) groups excluding carboxylic acids is 1. The zero-order chi connectivity index (χ0) is 13.5. The smallest absolute Gasteiger partial charge is 0.137 e. The van der Waals surface area contributed by atoms with Crippen molar-refractivity contribution in [2.45, 2.75) is 32.6 Å². The van der Waals surface area contributed by atoms with Crippen LogP contribution in [-0.4, -0.2) is 12.3 Å². The Labute approximate surface area is 116 Å². The van der Waals surface area contributed by atoms with Gasteiger partial charge >= 0.3 is 0 Å². The number of benzene rings is 1. The molecule has 0 amide bonds. The third kappa shape index (κ3) is 5.27.